The highest BCUT2D eigenvalue weighted by atomic mass is 33.1. The molecule has 2 aromatic rings. The van der Waals surface area contributed by atoms with Crippen LogP contribution >= 0.6 is 43.2 Å². The molecule has 518 valence electrons. The van der Waals surface area contributed by atoms with E-state index in [4.69, 9.17) is 20.9 Å². The van der Waals surface area contributed by atoms with Gasteiger partial charge in [0.05, 0.1) is 24.7 Å². The van der Waals surface area contributed by atoms with E-state index in [0.717, 1.165) is 16.5 Å². The van der Waals surface area contributed by atoms with E-state index in [-0.39, 0.29) is 76.3 Å². The zero-order chi connectivity index (χ0) is 67.1. The van der Waals surface area contributed by atoms with Crippen LogP contribution in [-0.4, -0.2) is 218 Å². The quantitative estimate of drug-likeness (QED) is 0.0246. The van der Waals surface area contributed by atoms with Gasteiger partial charge >= 0.3 is 11.9 Å². The van der Waals surface area contributed by atoms with E-state index in [0.29, 0.717) is 129 Å². The summed E-state index contributed by atoms with van der Waals surface area (Å²) >= 11 is 0. The lowest BCUT2D eigenvalue weighted by Gasteiger charge is -2.22. The molecule has 0 saturated carbocycles. The molecule has 15 N–H and O–H groups in total. The third kappa shape index (κ3) is 44.3. The van der Waals surface area contributed by atoms with Gasteiger partial charge in [-0.15, -0.1) is 0 Å². The molecule has 0 aliphatic heterocycles. The van der Waals surface area contributed by atoms with Gasteiger partial charge in [0.15, 0.2) is 0 Å². The second kappa shape index (κ2) is 56.1. The standard InChI is InChI=1S/C61H103N15O12S4/c1-3-5-16-74-61(86)49(45-54(81)71-31-27-66-21-14-62)42-51(78)41-48(60(85)76-33-29-67-22-15-63)43-52(79)47(44-53(80)70-32-28-68-25-23-64-19-12-57(82)87-35-37-89-91-55-10-6-8-17-72-55)40-50(77)39-46(4-2)59(84)75-34-30-69-26-24-65-20-13-58(83)88-36-38-90-92-56-11-7-9-18-73-56/h6-11,17-18,46-49,64-69H,3-5,12-16,19-45,62-63H2,1-2H3,(H,70,80)(H,71,81)(H,74,86)(H,75,84)(H,76,85). The van der Waals surface area contributed by atoms with Gasteiger partial charge in [0, 0.05) is 205 Å². The maximum atomic E-state index is 14.5. The first-order chi connectivity index (χ1) is 44.7. The Morgan fingerprint density at radius 1 is 0.435 bits per heavy atom. The Morgan fingerprint density at radius 2 is 0.815 bits per heavy atom. The number of aromatic nitrogens is 2. The second-order valence-corrected chi connectivity index (χ2v) is 26.1. The van der Waals surface area contributed by atoms with Gasteiger partial charge in [-0.1, -0.05) is 54.0 Å². The molecule has 0 spiro atoms. The van der Waals surface area contributed by atoms with Crippen LogP contribution in [0.1, 0.15) is 90.9 Å². The second-order valence-electron chi connectivity index (χ2n) is 21.3. The van der Waals surface area contributed by atoms with Crippen LogP contribution in [0.4, 0.5) is 0 Å². The summed E-state index contributed by atoms with van der Waals surface area (Å²) in [4.78, 5) is 143. The van der Waals surface area contributed by atoms with Crippen LogP contribution in [0, 0.1) is 23.7 Å². The van der Waals surface area contributed by atoms with Crippen molar-refractivity contribution in [2.24, 2.45) is 35.1 Å². The summed E-state index contributed by atoms with van der Waals surface area (Å²) in [6.07, 6.45) is 2.86. The number of nitrogens with one attached hydrogen (secondary N) is 11. The normalized spacial score (nSPS) is 12.4. The predicted octanol–water partition coefficient (Wildman–Crippen LogP) is 0.673. The van der Waals surface area contributed by atoms with Crippen molar-refractivity contribution in [3.63, 3.8) is 0 Å². The number of unbranched alkanes of at least 4 members (excludes halogenated alkanes) is 1. The fraction of sp³-hybridized carbons (Fsp3) is 0.672. The van der Waals surface area contributed by atoms with Gasteiger partial charge in [-0.3, -0.25) is 47.9 Å². The van der Waals surface area contributed by atoms with Crippen molar-refractivity contribution in [3.8, 4) is 0 Å². The molecule has 0 radical (unpaired) electrons. The van der Waals surface area contributed by atoms with Gasteiger partial charge in [-0.2, -0.15) is 0 Å². The molecular formula is C61H103N15O12S4. The van der Waals surface area contributed by atoms with Gasteiger partial charge in [0.25, 0.3) is 0 Å². The average molecular weight is 1370 g/mol. The van der Waals surface area contributed by atoms with Crippen molar-refractivity contribution in [3.05, 3.63) is 48.8 Å². The number of carbonyl (C=O) groups excluding carboxylic acids is 10. The maximum Gasteiger partial charge on any atom is 0.307 e. The number of pyridine rings is 2. The number of ketones is 3. The number of amides is 5. The highest BCUT2D eigenvalue weighted by Gasteiger charge is 2.33. The molecule has 2 heterocycles. The lowest BCUT2D eigenvalue weighted by Crippen LogP contribution is -2.41. The Kier molecular flexibility index (Phi) is 50.4. The molecule has 0 aliphatic rings. The first kappa shape index (κ1) is 82.8. The molecule has 0 bridgehead atoms. The number of ether oxygens (including phenoxy) is 2. The molecular weight excluding hydrogens is 1260 g/mol. The number of esters is 2. The van der Waals surface area contributed by atoms with Crippen molar-refractivity contribution in [2.75, 3.05) is 149 Å². The van der Waals surface area contributed by atoms with E-state index >= 15 is 0 Å². The molecule has 0 fully saturated rings. The van der Waals surface area contributed by atoms with Gasteiger partial charge in [0.1, 0.15) is 40.6 Å². The number of carbonyl (C=O) groups is 10. The number of nitrogens with two attached hydrogens (primary N) is 2. The molecule has 4 unspecified atom stereocenters. The number of nitrogens with zero attached hydrogens (tertiary/aromatic N) is 2. The number of hydrogen-bond acceptors (Lipinski definition) is 26. The van der Waals surface area contributed by atoms with Gasteiger partial charge in [-0.25, -0.2) is 9.97 Å². The Morgan fingerprint density at radius 3 is 1.25 bits per heavy atom. The van der Waals surface area contributed by atoms with E-state index in [1.807, 2.05) is 43.3 Å². The third-order valence-electron chi connectivity index (χ3n) is 13.6. The Bertz CT molecular complexity index is 2400. The molecule has 31 heteroatoms. The summed E-state index contributed by atoms with van der Waals surface area (Å²) in [6, 6.07) is 11.3. The lowest BCUT2D eigenvalue weighted by atomic mass is 9.83. The number of rotatable bonds is 60. The van der Waals surface area contributed by atoms with Crippen molar-refractivity contribution in [1.29, 1.82) is 0 Å². The fourth-order valence-corrected chi connectivity index (χ4v) is 12.1. The topological polar surface area (TPSA) is 399 Å². The number of hydrogen-bond donors (Lipinski definition) is 13. The largest absolute Gasteiger partial charge is 0.465 e. The molecule has 2 rings (SSSR count). The predicted molar refractivity (Wildman–Crippen MR) is 363 cm³/mol. The molecule has 0 aliphatic carbocycles. The zero-order valence-electron chi connectivity index (χ0n) is 53.8. The Labute approximate surface area is 558 Å². The molecule has 0 saturated heterocycles. The molecule has 5 amide bonds. The highest BCUT2D eigenvalue weighted by molar-refractivity contribution is 8.77. The zero-order valence-corrected chi connectivity index (χ0v) is 57.0. The number of Topliss-reactive ketones (excluding diaryl/α,β-unsaturated/α-hetero) is 3. The van der Waals surface area contributed by atoms with Crippen molar-refractivity contribution in [1.82, 2.24) is 68.5 Å². The van der Waals surface area contributed by atoms with Gasteiger partial charge in [0.2, 0.25) is 29.5 Å². The van der Waals surface area contributed by atoms with Crippen LogP contribution in [-0.2, 0) is 57.4 Å². The summed E-state index contributed by atoms with van der Waals surface area (Å²) in [6.45, 7) is 11.8. The minimum absolute atomic E-state index is 0.124. The first-order valence-electron chi connectivity index (χ1n) is 32.0. The Balaban J connectivity index is 2.06. The molecule has 0 aromatic carbocycles. The third-order valence-corrected chi connectivity index (χ3v) is 18.0. The molecule has 2 aromatic heterocycles. The lowest BCUT2D eigenvalue weighted by molar-refractivity contribution is -0.143. The van der Waals surface area contributed by atoms with Crippen LogP contribution < -0.4 is 70.0 Å². The van der Waals surface area contributed by atoms with E-state index < -0.39 is 96.8 Å². The minimum atomic E-state index is -1.27. The van der Waals surface area contributed by atoms with E-state index in [2.05, 4.69) is 68.5 Å². The SMILES string of the molecule is CCCCNC(=O)C(CC(=O)CC(CC(=O)C(CC(=O)CC(CC)C(=O)NCCNCCNCCC(=O)OCCSSc1ccccn1)CC(=O)NCCNCCNCCC(=O)OCCSSc1ccccn1)C(=O)NCCNCCN)CC(=O)NCCNCCN. The molecule has 92 heavy (non-hydrogen) atoms. The van der Waals surface area contributed by atoms with E-state index in [1.54, 1.807) is 40.9 Å². The van der Waals surface area contributed by atoms with Crippen LogP contribution in [0.5, 0.6) is 0 Å². The van der Waals surface area contributed by atoms with Crippen molar-refractivity contribution >= 4 is 102 Å². The highest BCUT2D eigenvalue weighted by Crippen LogP contribution is 2.29. The van der Waals surface area contributed by atoms with Crippen LogP contribution in [0.15, 0.2) is 58.8 Å². The summed E-state index contributed by atoms with van der Waals surface area (Å²) in [7, 11) is 6.14. The smallest absolute Gasteiger partial charge is 0.307 e. The average Bonchev–Trinajstić information content (AvgIpc) is 3.75. The van der Waals surface area contributed by atoms with Crippen molar-refractivity contribution in [2.45, 2.75) is 101 Å². The summed E-state index contributed by atoms with van der Waals surface area (Å²) in [5, 5.41) is 34.7. The molecule has 27 nitrogen and oxygen atoms in total. The molecule has 4 atom stereocenters. The van der Waals surface area contributed by atoms with Crippen LogP contribution in [0.2, 0.25) is 0 Å². The summed E-state index contributed by atoms with van der Waals surface area (Å²) < 4.78 is 10.6. The van der Waals surface area contributed by atoms with E-state index in [9.17, 15) is 47.9 Å². The Hall–Kier alpha value is -5.32. The van der Waals surface area contributed by atoms with Gasteiger partial charge < -0.3 is 79.4 Å². The first-order valence-corrected chi connectivity index (χ1v) is 36.6. The van der Waals surface area contributed by atoms with E-state index in [1.165, 1.54) is 21.6 Å². The van der Waals surface area contributed by atoms with Crippen molar-refractivity contribution < 1.29 is 57.4 Å². The monoisotopic (exact) mass is 1370 g/mol. The fourth-order valence-electron chi connectivity index (χ4n) is 8.66. The van der Waals surface area contributed by atoms with Gasteiger partial charge in [-0.05, 0) is 58.7 Å². The maximum absolute atomic E-state index is 14.5. The summed E-state index contributed by atoms with van der Waals surface area (Å²) in [5.74, 6) is -7.76. The minimum Gasteiger partial charge on any atom is -0.465 e. The summed E-state index contributed by atoms with van der Waals surface area (Å²) in [5.41, 5.74) is 11.2. The van der Waals surface area contributed by atoms with Crippen LogP contribution in [0.25, 0.3) is 0 Å². The van der Waals surface area contributed by atoms with Crippen LogP contribution in [0.3, 0.4) is 0 Å².